The van der Waals surface area contributed by atoms with E-state index in [1.54, 1.807) is 45.0 Å². The van der Waals surface area contributed by atoms with Crippen molar-refractivity contribution < 1.29 is 14.7 Å². The maximum Gasteiger partial charge on any atom is 0.324 e. The number of primary amides is 1. The summed E-state index contributed by atoms with van der Waals surface area (Å²) in [7, 11) is 0. The molecule has 0 aliphatic carbocycles. The fraction of sp³-hybridized carbons (Fsp3) is 0.174. The molecular formula is C23H25N5O3. The fourth-order valence-corrected chi connectivity index (χ4v) is 3.02. The largest absolute Gasteiger partial charge is 0.512 e. The number of aromatic amines is 1. The van der Waals surface area contributed by atoms with Crippen molar-refractivity contribution in [2.24, 2.45) is 11.1 Å². The number of nitrogens with two attached hydrogens (primary N) is 1. The smallest absolute Gasteiger partial charge is 0.324 e. The lowest BCUT2D eigenvalue weighted by Crippen LogP contribution is -2.33. The first-order valence-corrected chi connectivity index (χ1v) is 9.65. The first-order valence-electron chi connectivity index (χ1n) is 9.65. The van der Waals surface area contributed by atoms with Crippen molar-refractivity contribution in [1.29, 1.82) is 5.41 Å². The minimum atomic E-state index is -0.611. The van der Waals surface area contributed by atoms with Crippen molar-refractivity contribution in [1.82, 2.24) is 10.3 Å². The van der Waals surface area contributed by atoms with E-state index in [-0.39, 0.29) is 11.6 Å². The zero-order valence-electron chi connectivity index (χ0n) is 17.5. The quantitative estimate of drug-likeness (QED) is 0.210. The molecule has 0 fully saturated rings. The molecule has 0 radical (unpaired) electrons. The number of fused-ring (bicyclic) bond motifs is 1. The second-order valence-electron chi connectivity index (χ2n) is 8.13. The highest BCUT2D eigenvalue weighted by atomic mass is 16.3. The van der Waals surface area contributed by atoms with Crippen LogP contribution >= 0.6 is 0 Å². The molecule has 3 rings (SSSR count). The molecule has 2 aromatic carbocycles. The summed E-state index contributed by atoms with van der Waals surface area (Å²) in [6.45, 7) is 5.39. The first kappa shape index (κ1) is 21.6. The molecule has 31 heavy (non-hydrogen) atoms. The van der Waals surface area contributed by atoms with Gasteiger partial charge in [-0.05, 0) is 23.8 Å². The van der Waals surface area contributed by atoms with Crippen LogP contribution in [0.3, 0.4) is 0 Å². The second kappa shape index (κ2) is 8.35. The summed E-state index contributed by atoms with van der Waals surface area (Å²) in [5, 5.41) is 23.6. The number of carbonyl (C=O) groups is 2. The third-order valence-corrected chi connectivity index (χ3v) is 4.68. The number of hydrogen-bond donors (Lipinski definition) is 6. The Kier molecular flexibility index (Phi) is 5.83. The minimum absolute atomic E-state index is 0.00821. The lowest BCUT2D eigenvalue weighted by Gasteiger charge is -2.17. The van der Waals surface area contributed by atoms with Crippen molar-refractivity contribution in [3.8, 4) is 11.1 Å². The normalized spacial score (nSPS) is 11.9. The van der Waals surface area contributed by atoms with E-state index in [0.717, 1.165) is 16.5 Å². The van der Waals surface area contributed by atoms with Crippen molar-refractivity contribution in [2.45, 2.75) is 20.8 Å². The van der Waals surface area contributed by atoms with E-state index >= 15 is 0 Å². The number of allylic oxidation sites excluding steroid dienone is 1. The molecule has 0 atom stereocenters. The van der Waals surface area contributed by atoms with Gasteiger partial charge in [0.25, 0.3) is 5.91 Å². The summed E-state index contributed by atoms with van der Waals surface area (Å²) in [4.78, 5) is 27.1. The van der Waals surface area contributed by atoms with Gasteiger partial charge in [0, 0.05) is 33.6 Å². The molecule has 1 heterocycles. The SMILES string of the molecule is CC(C)(C)/C(O)=C/C(=N)NC(=O)Nc1ccc(-c2c(C(N)=O)[nH]c3ccccc23)cc1. The Bertz CT molecular complexity index is 1180. The Morgan fingerprint density at radius 1 is 1.10 bits per heavy atom. The van der Waals surface area contributed by atoms with Crippen LogP contribution in [-0.4, -0.2) is 27.9 Å². The van der Waals surface area contributed by atoms with Gasteiger partial charge in [-0.1, -0.05) is 51.1 Å². The summed E-state index contributed by atoms with van der Waals surface area (Å²) in [6, 6.07) is 13.8. The Labute approximate surface area is 179 Å². The van der Waals surface area contributed by atoms with Crippen LogP contribution in [-0.2, 0) is 0 Å². The molecule has 0 bridgehead atoms. The highest BCUT2D eigenvalue weighted by molar-refractivity contribution is 6.09. The van der Waals surface area contributed by atoms with E-state index < -0.39 is 17.4 Å². The van der Waals surface area contributed by atoms with E-state index in [9.17, 15) is 14.7 Å². The predicted molar refractivity (Wildman–Crippen MR) is 122 cm³/mol. The number of benzene rings is 2. The molecule has 0 unspecified atom stereocenters. The van der Waals surface area contributed by atoms with Gasteiger partial charge >= 0.3 is 6.03 Å². The molecule has 8 nitrogen and oxygen atoms in total. The molecule has 8 heteroatoms. The standard InChI is InChI=1S/C23H25N5O3/c1-23(2,3)17(29)12-18(24)28-22(31)26-14-10-8-13(9-11-14)19-15-6-4-5-7-16(15)27-20(19)21(25)30/h4-12,27,29H,1-3H3,(H2,25,30)(H3,24,26,28,31)/b17-12-. The monoisotopic (exact) mass is 419 g/mol. The Morgan fingerprint density at radius 3 is 2.35 bits per heavy atom. The molecule has 0 spiro atoms. The summed E-state index contributed by atoms with van der Waals surface area (Å²) >= 11 is 0. The van der Waals surface area contributed by atoms with E-state index in [0.29, 0.717) is 16.9 Å². The average molecular weight is 419 g/mol. The highest BCUT2D eigenvalue weighted by Gasteiger charge is 2.18. The number of aromatic nitrogens is 1. The van der Waals surface area contributed by atoms with Crippen molar-refractivity contribution >= 4 is 34.4 Å². The predicted octanol–water partition coefficient (Wildman–Crippen LogP) is 4.52. The third-order valence-electron chi connectivity index (χ3n) is 4.68. The van der Waals surface area contributed by atoms with E-state index in [1.165, 1.54) is 6.08 Å². The summed E-state index contributed by atoms with van der Waals surface area (Å²) in [6.07, 6.45) is 1.20. The van der Waals surface area contributed by atoms with Gasteiger partial charge in [0.05, 0.1) is 0 Å². The number of anilines is 1. The second-order valence-corrected chi connectivity index (χ2v) is 8.13. The zero-order valence-corrected chi connectivity index (χ0v) is 17.5. The van der Waals surface area contributed by atoms with Crippen molar-refractivity contribution in [2.75, 3.05) is 5.32 Å². The average Bonchev–Trinajstić information content (AvgIpc) is 3.07. The lowest BCUT2D eigenvalue weighted by molar-refractivity contribution is 0.0997. The van der Waals surface area contributed by atoms with E-state index in [2.05, 4.69) is 15.6 Å². The van der Waals surface area contributed by atoms with E-state index in [1.807, 2.05) is 24.3 Å². The summed E-state index contributed by atoms with van der Waals surface area (Å²) in [5.41, 5.74) is 8.10. The number of rotatable bonds is 4. The van der Waals surface area contributed by atoms with Gasteiger partial charge in [-0.3, -0.25) is 15.5 Å². The first-order chi connectivity index (χ1) is 14.6. The number of H-pyrrole nitrogens is 1. The Hall–Kier alpha value is -4.07. The maximum absolute atomic E-state index is 12.1. The van der Waals surface area contributed by atoms with Gasteiger partial charge in [-0.15, -0.1) is 0 Å². The molecule has 1 aromatic heterocycles. The molecule has 160 valence electrons. The Morgan fingerprint density at radius 2 is 1.74 bits per heavy atom. The van der Waals surface area contributed by atoms with Gasteiger partial charge in [0.15, 0.2) is 0 Å². The molecule has 3 amide bonds. The number of urea groups is 1. The molecular weight excluding hydrogens is 394 g/mol. The molecule has 0 saturated heterocycles. The van der Waals surface area contributed by atoms with Crippen LogP contribution in [0, 0.1) is 10.8 Å². The number of amides is 3. The fourth-order valence-electron chi connectivity index (χ4n) is 3.02. The van der Waals surface area contributed by atoms with Crippen LogP contribution in [0.5, 0.6) is 0 Å². The van der Waals surface area contributed by atoms with Gasteiger partial charge in [0.2, 0.25) is 0 Å². The van der Waals surface area contributed by atoms with Gasteiger partial charge in [0.1, 0.15) is 17.3 Å². The van der Waals surface area contributed by atoms with Crippen LogP contribution in [0.2, 0.25) is 0 Å². The summed E-state index contributed by atoms with van der Waals surface area (Å²) < 4.78 is 0. The number of aliphatic hydroxyl groups is 1. The van der Waals surface area contributed by atoms with Crippen LogP contribution in [0.1, 0.15) is 31.3 Å². The molecule has 3 aromatic rings. The van der Waals surface area contributed by atoms with Gasteiger partial charge < -0.3 is 21.1 Å². The number of nitrogens with one attached hydrogen (secondary N) is 4. The van der Waals surface area contributed by atoms with Crippen LogP contribution < -0.4 is 16.4 Å². The zero-order chi connectivity index (χ0) is 22.8. The molecule has 0 aliphatic rings. The molecule has 7 N–H and O–H groups in total. The van der Waals surface area contributed by atoms with Crippen molar-refractivity contribution in [3.63, 3.8) is 0 Å². The minimum Gasteiger partial charge on any atom is -0.512 e. The van der Waals surface area contributed by atoms with Gasteiger partial charge in [-0.25, -0.2) is 4.79 Å². The number of aliphatic hydroxyl groups excluding tert-OH is 1. The highest BCUT2D eigenvalue weighted by Crippen LogP contribution is 2.33. The molecule has 0 saturated carbocycles. The van der Waals surface area contributed by atoms with E-state index in [4.69, 9.17) is 11.1 Å². The maximum atomic E-state index is 12.1. The topological polar surface area (TPSA) is 144 Å². The Balaban J connectivity index is 1.77. The van der Waals surface area contributed by atoms with Crippen molar-refractivity contribution in [3.05, 3.63) is 66.1 Å². The number of hydrogen-bond acceptors (Lipinski definition) is 4. The summed E-state index contributed by atoms with van der Waals surface area (Å²) in [5.74, 6) is -0.796. The number of amidine groups is 1. The number of carbonyl (C=O) groups excluding carboxylic acids is 2. The van der Waals surface area contributed by atoms with Crippen LogP contribution in [0.25, 0.3) is 22.0 Å². The van der Waals surface area contributed by atoms with Crippen LogP contribution in [0.4, 0.5) is 10.5 Å². The van der Waals surface area contributed by atoms with Crippen LogP contribution in [0.15, 0.2) is 60.4 Å². The molecule has 0 aliphatic heterocycles. The lowest BCUT2D eigenvalue weighted by atomic mass is 9.93. The number of para-hydroxylation sites is 1. The van der Waals surface area contributed by atoms with Gasteiger partial charge in [-0.2, -0.15) is 0 Å². The third kappa shape index (κ3) is 4.92.